The molecule has 2 rings (SSSR count). The van der Waals surface area contributed by atoms with Crippen molar-refractivity contribution in [3.05, 3.63) is 58.7 Å². The number of ether oxygens (including phenoxy) is 1. The minimum atomic E-state index is -0.921. The van der Waals surface area contributed by atoms with Gasteiger partial charge < -0.3 is 9.84 Å². The van der Waals surface area contributed by atoms with Crippen molar-refractivity contribution in [2.75, 3.05) is 0 Å². The van der Waals surface area contributed by atoms with Crippen molar-refractivity contribution >= 4 is 5.97 Å². The Morgan fingerprint density at radius 2 is 1.74 bits per heavy atom. The number of aromatic carboxylic acids is 1. The van der Waals surface area contributed by atoms with E-state index in [0.29, 0.717) is 16.9 Å². The van der Waals surface area contributed by atoms with Gasteiger partial charge in [-0.25, -0.2) is 4.79 Å². The van der Waals surface area contributed by atoms with Crippen LogP contribution in [0.25, 0.3) is 0 Å². The zero-order valence-corrected chi connectivity index (χ0v) is 11.2. The Bertz CT molecular complexity index is 630. The third-order valence-electron chi connectivity index (χ3n) is 2.99. The molecule has 0 saturated carbocycles. The lowest BCUT2D eigenvalue weighted by Crippen LogP contribution is -1.99. The van der Waals surface area contributed by atoms with E-state index in [4.69, 9.17) is 9.84 Å². The summed E-state index contributed by atoms with van der Waals surface area (Å²) in [5, 5.41) is 8.98. The lowest BCUT2D eigenvalue weighted by Gasteiger charge is -2.10. The lowest BCUT2D eigenvalue weighted by molar-refractivity contribution is 0.0696. The molecule has 0 bridgehead atoms. The smallest absolute Gasteiger partial charge is 0.335 e. The normalized spacial score (nSPS) is 10.3. The molecule has 0 atom stereocenters. The molecule has 0 aliphatic heterocycles. The Kier molecular flexibility index (Phi) is 3.56. The highest BCUT2D eigenvalue weighted by Crippen LogP contribution is 2.27. The zero-order valence-electron chi connectivity index (χ0n) is 11.2. The van der Waals surface area contributed by atoms with Crippen LogP contribution in [0.1, 0.15) is 27.0 Å². The van der Waals surface area contributed by atoms with Gasteiger partial charge in [0.25, 0.3) is 0 Å². The molecule has 0 amide bonds. The molecule has 0 saturated heterocycles. The highest BCUT2D eigenvalue weighted by molar-refractivity contribution is 5.89. The van der Waals surface area contributed by atoms with Crippen molar-refractivity contribution in [2.45, 2.75) is 20.8 Å². The summed E-state index contributed by atoms with van der Waals surface area (Å²) in [6, 6.07) is 10.9. The molecule has 0 aliphatic rings. The van der Waals surface area contributed by atoms with E-state index in [0.717, 1.165) is 11.3 Å². The minimum Gasteiger partial charge on any atom is -0.478 e. The third-order valence-corrected chi connectivity index (χ3v) is 2.99. The molecule has 0 aromatic heterocycles. The number of carboxylic acids is 1. The van der Waals surface area contributed by atoms with Crippen LogP contribution in [-0.4, -0.2) is 11.1 Å². The summed E-state index contributed by atoms with van der Waals surface area (Å²) in [7, 11) is 0. The maximum Gasteiger partial charge on any atom is 0.335 e. The van der Waals surface area contributed by atoms with Gasteiger partial charge in [-0.3, -0.25) is 0 Å². The molecule has 3 heteroatoms. The summed E-state index contributed by atoms with van der Waals surface area (Å²) in [5.74, 6) is 0.512. The van der Waals surface area contributed by atoms with Gasteiger partial charge in [0.2, 0.25) is 0 Å². The molecule has 0 radical (unpaired) electrons. The maximum atomic E-state index is 10.9. The summed E-state index contributed by atoms with van der Waals surface area (Å²) in [5.41, 5.74) is 3.23. The van der Waals surface area contributed by atoms with Crippen molar-refractivity contribution in [3.8, 4) is 11.5 Å². The molecule has 0 aliphatic carbocycles. The van der Waals surface area contributed by atoms with Gasteiger partial charge in [0.15, 0.2) is 0 Å². The van der Waals surface area contributed by atoms with Crippen molar-refractivity contribution in [1.29, 1.82) is 0 Å². The second-order valence-corrected chi connectivity index (χ2v) is 4.65. The molecule has 0 heterocycles. The summed E-state index contributed by atoms with van der Waals surface area (Å²) in [6.45, 7) is 5.78. The summed E-state index contributed by atoms with van der Waals surface area (Å²) in [4.78, 5) is 10.9. The fourth-order valence-electron chi connectivity index (χ4n) is 1.98. The van der Waals surface area contributed by atoms with Gasteiger partial charge in [-0.1, -0.05) is 17.7 Å². The highest BCUT2D eigenvalue weighted by Gasteiger charge is 2.08. The van der Waals surface area contributed by atoms with Crippen LogP contribution in [0.3, 0.4) is 0 Å². The number of benzene rings is 2. The highest BCUT2D eigenvalue weighted by atomic mass is 16.5. The Balaban J connectivity index is 2.29. The SMILES string of the molecule is Cc1ccc(Oc2ccc(C(=O)O)c(C)c2)c(C)c1. The van der Waals surface area contributed by atoms with E-state index in [1.54, 1.807) is 25.1 Å². The molecule has 1 N–H and O–H groups in total. The lowest BCUT2D eigenvalue weighted by atomic mass is 10.1. The largest absolute Gasteiger partial charge is 0.478 e. The first kappa shape index (κ1) is 13.1. The van der Waals surface area contributed by atoms with Crippen LogP contribution in [0.15, 0.2) is 36.4 Å². The quantitative estimate of drug-likeness (QED) is 0.899. The van der Waals surface area contributed by atoms with E-state index >= 15 is 0 Å². The number of rotatable bonds is 3. The van der Waals surface area contributed by atoms with Gasteiger partial charge in [0.05, 0.1) is 5.56 Å². The Morgan fingerprint density at radius 1 is 1.00 bits per heavy atom. The summed E-state index contributed by atoms with van der Waals surface area (Å²) < 4.78 is 5.79. The fraction of sp³-hybridized carbons (Fsp3) is 0.188. The molecule has 0 fully saturated rings. The predicted octanol–water partition coefficient (Wildman–Crippen LogP) is 4.10. The number of carboxylic acid groups (broad SMARTS) is 1. The van der Waals surface area contributed by atoms with Crippen LogP contribution < -0.4 is 4.74 Å². The Labute approximate surface area is 112 Å². The van der Waals surface area contributed by atoms with E-state index in [9.17, 15) is 4.79 Å². The van der Waals surface area contributed by atoms with Crippen LogP contribution in [0.4, 0.5) is 0 Å². The number of hydrogen-bond acceptors (Lipinski definition) is 2. The molecular formula is C16H16O3. The van der Waals surface area contributed by atoms with Gasteiger partial charge in [-0.15, -0.1) is 0 Å². The van der Waals surface area contributed by atoms with Gasteiger partial charge in [-0.05, 0) is 56.2 Å². The standard InChI is InChI=1S/C16H16O3/c1-10-4-7-15(12(3)8-10)19-13-5-6-14(16(17)18)11(2)9-13/h4-9H,1-3H3,(H,17,18). The van der Waals surface area contributed by atoms with E-state index in [-0.39, 0.29) is 0 Å². The second-order valence-electron chi connectivity index (χ2n) is 4.65. The summed E-state index contributed by atoms with van der Waals surface area (Å²) in [6.07, 6.45) is 0. The third kappa shape index (κ3) is 2.94. The van der Waals surface area contributed by atoms with Gasteiger partial charge in [-0.2, -0.15) is 0 Å². The Hall–Kier alpha value is -2.29. The van der Waals surface area contributed by atoms with Crippen LogP contribution in [-0.2, 0) is 0 Å². The Morgan fingerprint density at radius 3 is 2.32 bits per heavy atom. The van der Waals surface area contributed by atoms with E-state index in [1.165, 1.54) is 5.56 Å². The number of hydrogen-bond donors (Lipinski definition) is 1. The molecule has 0 unspecified atom stereocenters. The van der Waals surface area contributed by atoms with Crippen LogP contribution in [0, 0.1) is 20.8 Å². The van der Waals surface area contributed by atoms with Crippen LogP contribution in [0.2, 0.25) is 0 Å². The van der Waals surface area contributed by atoms with Gasteiger partial charge in [0.1, 0.15) is 11.5 Å². The molecule has 19 heavy (non-hydrogen) atoms. The van der Waals surface area contributed by atoms with Crippen LogP contribution in [0.5, 0.6) is 11.5 Å². The molecule has 3 nitrogen and oxygen atoms in total. The van der Waals surface area contributed by atoms with Crippen molar-refractivity contribution in [2.24, 2.45) is 0 Å². The second kappa shape index (κ2) is 5.14. The molecular weight excluding hydrogens is 240 g/mol. The van der Waals surface area contributed by atoms with Crippen molar-refractivity contribution in [1.82, 2.24) is 0 Å². The minimum absolute atomic E-state index is 0.299. The van der Waals surface area contributed by atoms with Gasteiger partial charge >= 0.3 is 5.97 Å². The monoisotopic (exact) mass is 256 g/mol. The van der Waals surface area contributed by atoms with Crippen molar-refractivity contribution < 1.29 is 14.6 Å². The van der Waals surface area contributed by atoms with Gasteiger partial charge in [0, 0.05) is 0 Å². The van der Waals surface area contributed by atoms with E-state index < -0.39 is 5.97 Å². The summed E-state index contributed by atoms with van der Waals surface area (Å²) >= 11 is 0. The van der Waals surface area contributed by atoms with Crippen LogP contribution >= 0.6 is 0 Å². The number of carbonyl (C=O) groups is 1. The molecule has 2 aromatic carbocycles. The predicted molar refractivity (Wildman–Crippen MR) is 74.1 cm³/mol. The molecule has 0 spiro atoms. The first-order valence-electron chi connectivity index (χ1n) is 6.06. The average molecular weight is 256 g/mol. The van der Waals surface area contributed by atoms with E-state index in [1.807, 2.05) is 32.0 Å². The first-order valence-corrected chi connectivity index (χ1v) is 6.06. The number of aryl methyl sites for hydroxylation is 3. The van der Waals surface area contributed by atoms with Crippen molar-refractivity contribution in [3.63, 3.8) is 0 Å². The molecule has 98 valence electrons. The fourth-order valence-corrected chi connectivity index (χ4v) is 1.98. The van der Waals surface area contributed by atoms with E-state index in [2.05, 4.69) is 0 Å². The first-order chi connectivity index (χ1) is 8.97. The molecule has 2 aromatic rings. The average Bonchev–Trinajstić information content (AvgIpc) is 2.32. The maximum absolute atomic E-state index is 10.9. The topological polar surface area (TPSA) is 46.5 Å². The zero-order chi connectivity index (χ0) is 14.0.